The van der Waals surface area contributed by atoms with E-state index in [9.17, 15) is 4.39 Å². The van der Waals surface area contributed by atoms with Crippen molar-refractivity contribution >= 4 is 26.8 Å². The first-order valence-corrected chi connectivity index (χ1v) is 5.97. The molecule has 0 N–H and O–H groups in total. The number of rotatable bonds is 2. The maximum absolute atomic E-state index is 13.8. The summed E-state index contributed by atoms with van der Waals surface area (Å²) in [5.41, 5.74) is 0.741. The lowest BCUT2D eigenvalue weighted by atomic mass is 10.2. The van der Waals surface area contributed by atoms with Gasteiger partial charge in [-0.2, -0.15) is 0 Å². The third kappa shape index (κ3) is 1.69. The average molecular weight is 268 g/mol. The standard InChI is InChI=1S/C12H11BrFN/c13-10-5-9-3-4-15(7-8-1-2-8)12(9)11(14)6-10/h3-6,8H,1-2,7H2. The van der Waals surface area contributed by atoms with E-state index < -0.39 is 0 Å². The van der Waals surface area contributed by atoms with E-state index in [0.717, 1.165) is 27.8 Å². The zero-order valence-corrected chi connectivity index (χ0v) is 9.80. The first-order valence-electron chi connectivity index (χ1n) is 5.18. The van der Waals surface area contributed by atoms with E-state index in [2.05, 4.69) is 15.9 Å². The maximum atomic E-state index is 13.8. The average Bonchev–Trinajstić information content (AvgIpc) is 2.87. The lowest BCUT2D eigenvalue weighted by Crippen LogP contribution is -1.98. The molecule has 0 atom stereocenters. The highest BCUT2D eigenvalue weighted by molar-refractivity contribution is 9.10. The van der Waals surface area contributed by atoms with Gasteiger partial charge in [-0.1, -0.05) is 15.9 Å². The molecular formula is C12H11BrFN. The third-order valence-corrected chi connectivity index (χ3v) is 3.39. The molecule has 2 aromatic rings. The Labute approximate surface area is 96.0 Å². The van der Waals surface area contributed by atoms with E-state index >= 15 is 0 Å². The van der Waals surface area contributed by atoms with E-state index in [4.69, 9.17) is 0 Å². The van der Waals surface area contributed by atoms with Crippen LogP contribution in [0.1, 0.15) is 12.8 Å². The fraction of sp³-hybridized carbons (Fsp3) is 0.333. The monoisotopic (exact) mass is 267 g/mol. The molecule has 0 unspecified atom stereocenters. The Morgan fingerprint density at radius 2 is 2.20 bits per heavy atom. The minimum Gasteiger partial charge on any atom is -0.345 e. The Morgan fingerprint density at radius 3 is 2.93 bits per heavy atom. The number of benzene rings is 1. The van der Waals surface area contributed by atoms with E-state index in [1.165, 1.54) is 18.9 Å². The Kier molecular flexibility index (Phi) is 2.09. The van der Waals surface area contributed by atoms with Gasteiger partial charge in [0.1, 0.15) is 5.82 Å². The van der Waals surface area contributed by atoms with Gasteiger partial charge in [-0.25, -0.2) is 4.39 Å². The fourth-order valence-electron chi connectivity index (χ4n) is 1.99. The molecule has 3 rings (SSSR count). The van der Waals surface area contributed by atoms with Crippen LogP contribution in [0.2, 0.25) is 0 Å². The highest BCUT2D eigenvalue weighted by Gasteiger charge is 2.22. The predicted molar refractivity (Wildman–Crippen MR) is 62.3 cm³/mol. The zero-order chi connectivity index (χ0) is 10.4. The van der Waals surface area contributed by atoms with Crippen molar-refractivity contribution in [3.8, 4) is 0 Å². The third-order valence-electron chi connectivity index (χ3n) is 2.93. The first-order chi connectivity index (χ1) is 7.24. The molecule has 1 fully saturated rings. The van der Waals surface area contributed by atoms with Crippen LogP contribution in [0.5, 0.6) is 0 Å². The quantitative estimate of drug-likeness (QED) is 0.777. The second-order valence-corrected chi connectivity index (χ2v) is 5.15. The first kappa shape index (κ1) is 9.40. The highest BCUT2D eigenvalue weighted by atomic mass is 79.9. The molecule has 0 radical (unpaired) electrons. The summed E-state index contributed by atoms with van der Waals surface area (Å²) < 4.78 is 16.6. The van der Waals surface area contributed by atoms with Gasteiger partial charge in [0.15, 0.2) is 0 Å². The summed E-state index contributed by atoms with van der Waals surface area (Å²) >= 11 is 3.31. The molecule has 15 heavy (non-hydrogen) atoms. The molecule has 0 saturated heterocycles. The number of aromatic nitrogens is 1. The topological polar surface area (TPSA) is 4.93 Å². The van der Waals surface area contributed by atoms with Gasteiger partial charge >= 0.3 is 0 Å². The lowest BCUT2D eigenvalue weighted by Gasteiger charge is -2.04. The van der Waals surface area contributed by atoms with E-state index in [1.54, 1.807) is 0 Å². The van der Waals surface area contributed by atoms with Crippen LogP contribution >= 0.6 is 15.9 Å². The van der Waals surface area contributed by atoms with Crippen LogP contribution in [0, 0.1) is 11.7 Å². The van der Waals surface area contributed by atoms with Gasteiger partial charge in [0.25, 0.3) is 0 Å². The smallest absolute Gasteiger partial charge is 0.148 e. The summed E-state index contributed by atoms with van der Waals surface area (Å²) in [6, 6.07) is 5.47. The summed E-state index contributed by atoms with van der Waals surface area (Å²) in [7, 11) is 0. The molecule has 0 aliphatic heterocycles. The summed E-state index contributed by atoms with van der Waals surface area (Å²) in [6.45, 7) is 0.960. The summed E-state index contributed by atoms with van der Waals surface area (Å²) in [4.78, 5) is 0. The molecule has 1 aromatic carbocycles. The molecule has 0 amide bonds. The maximum Gasteiger partial charge on any atom is 0.148 e. The van der Waals surface area contributed by atoms with Gasteiger partial charge in [0.05, 0.1) is 5.52 Å². The Balaban J connectivity index is 2.14. The van der Waals surface area contributed by atoms with E-state index in [-0.39, 0.29) is 5.82 Å². The molecule has 0 bridgehead atoms. The minimum absolute atomic E-state index is 0.134. The predicted octanol–water partition coefficient (Wildman–Crippen LogP) is 3.95. The van der Waals surface area contributed by atoms with Crippen molar-refractivity contribution < 1.29 is 4.39 Å². The van der Waals surface area contributed by atoms with Crippen molar-refractivity contribution in [3.05, 3.63) is 34.7 Å². The molecule has 1 aliphatic carbocycles. The van der Waals surface area contributed by atoms with Crippen LogP contribution in [0.3, 0.4) is 0 Å². The fourth-order valence-corrected chi connectivity index (χ4v) is 2.44. The molecule has 3 heteroatoms. The van der Waals surface area contributed by atoms with Gasteiger partial charge < -0.3 is 4.57 Å². The van der Waals surface area contributed by atoms with Crippen LogP contribution in [0.4, 0.5) is 4.39 Å². The van der Waals surface area contributed by atoms with Crippen LogP contribution in [-0.4, -0.2) is 4.57 Å². The number of fused-ring (bicyclic) bond motifs is 1. The molecule has 1 saturated carbocycles. The van der Waals surface area contributed by atoms with Gasteiger partial charge in [-0.15, -0.1) is 0 Å². The molecule has 1 aromatic heterocycles. The van der Waals surface area contributed by atoms with Gasteiger partial charge in [0, 0.05) is 22.6 Å². The Hall–Kier alpha value is -0.830. The van der Waals surface area contributed by atoms with Crippen molar-refractivity contribution in [3.63, 3.8) is 0 Å². The van der Waals surface area contributed by atoms with Gasteiger partial charge in [0.2, 0.25) is 0 Å². The Morgan fingerprint density at radius 1 is 1.40 bits per heavy atom. The van der Waals surface area contributed by atoms with Crippen molar-refractivity contribution in [2.75, 3.05) is 0 Å². The molecular weight excluding hydrogens is 257 g/mol. The summed E-state index contributed by atoms with van der Waals surface area (Å²) in [6.07, 6.45) is 4.56. The molecule has 1 aliphatic rings. The van der Waals surface area contributed by atoms with E-state index in [0.29, 0.717) is 0 Å². The highest BCUT2D eigenvalue weighted by Crippen LogP contribution is 2.33. The largest absolute Gasteiger partial charge is 0.345 e. The molecule has 1 nitrogen and oxygen atoms in total. The van der Waals surface area contributed by atoms with Crippen molar-refractivity contribution in [2.24, 2.45) is 5.92 Å². The van der Waals surface area contributed by atoms with Crippen molar-refractivity contribution in [1.29, 1.82) is 0 Å². The number of halogens is 2. The molecule has 1 heterocycles. The number of hydrogen-bond acceptors (Lipinski definition) is 0. The minimum atomic E-state index is -0.134. The van der Waals surface area contributed by atoms with Crippen LogP contribution in [0.15, 0.2) is 28.9 Å². The van der Waals surface area contributed by atoms with Crippen molar-refractivity contribution in [2.45, 2.75) is 19.4 Å². The molecule has 0 spiro atoms. The lowest BCUT2D eigenvalue weighted by molar-refractivity contribution is 0.603. The number of nitrogens with zero attached hydrogens (tertiary/aromatic N) is 1. The Bertz CT molecular complexity index is 514. The van der Waals surface area contributed by atoms with Crippen LogP contribution in [-0.2, 0) is 6.54 Å². The van der Waals surface area contributed by atoms with Crippen LogP contribution in [0.25, 0.3) is 10.9 Å². The normalized spacial score (nSPS) is 16.1. The summed E-state index contributed by atoms with van der Waals surface area (Å²) in [5.74, 6) is 0.633. The SMILES string of the molecule is Fc1cc(Br)cc2ccn(CC3CC3)c12. The second kappa shape index (κ2) is 3.34. The molecule has 78 valence electrons. The number of hydrogen-bond donors (Lipinski definition) is 0. The summed E-state index contributed by atoms with van der Waals surface area (Å²) in [5, 5.41) is 0.975. The van der Waals surface area contributed by atoms with Gasteiger partial charge in [-0.05, 0) is 37.0 Å². The van der Waals surface area contributed by atoms with E-state index in [1.807, 2.05) is 22.9 Å². The van der Waals surface area contributed by atoms with Crippen LogP contribution < -0.4 is 0 Å². The van der Waals surface area contributed by atoms with Gasteiger partial charge in [-0.3, -0.25) is 0 Å². The second-order valence-electron chi connectivity index (χ2n) is 4.24. The zero-order valence-electron chi connectivity index (χ0n) is 8.21. The van der Waals surface area contributed by atoms with Crippen molar-refractivity contribution in [1.82, 2.24) is 4.57 Å².